The molecule has 2 atom stereocenters. The molecule has 1 rings (SSSR count). The molecule has 2 N–H and O–H groups in total. The highest BCUT2D eigenvalue weighted by Gasteiger charge is 2.30. The summed E-state index contributed by atoms with van der Waals surface area (Å²) in [4.78, 5) is 16.6. The molecular weight excluding hydrogens is 292 g/mol. The molecule has 0 aromatic rings. The lowest BCUT2D eigenvalue weighted by Crippen LogP contribution is -2.47. The van der Waals surface area contributed by atoms with Gasteiger partial charge in [0.15, 0.2) is 6.10 Å². The number of nitrogens with one attached hydrogen (secondary N) is 1. The van der Waals surface area contributed by atoms with Gasteiger partial charge in [0.2, 0.25) is 0 Å². The van der Waals surface area contributed by atoms with Crippen molar-refractivity contribution in [1.29, 1.82) is 0 Å². The van der Waals surface area contributed by atoms with Crippen LogP contribution >= 0.6 is 15.9 Å². The lowest BCUT2D eigenvalue weighted by molar-refractivity contribution is 0.0178. The number of amides is 1. The van der Waals surface area contributed by atoms with Crippen LogP contribution in [-0.4, -0.2) is 40.2 Å². The number of aliphatic hydroxyl groups is 1. The van der Waals surface area contributed by atoms with Gasteiger partial charge in [0.05, 0.1) is 12.6 Å². The zero-order valence-electron chi connectivity index (χ0n) is 10.1. The first-order valence-electron chi connectivity index (χ1n) is 5.30. The van der Waals surface area contributed by atoms with E-state index in [0.717, 1.165) is 0 Å². The average Bonchev–Trinajstić information content (AvgIpc) is 2.58. The molecule has 7 heteroatoms. The first kappa shape index (κ1) is 14.2. The van der Waals surface area contributed by atoms with Crippen LogP contribution in [-0.2, 0) is 9.57 Å². The second kappa shape index (κ2) is 5.68. The van der Waals surface area contributed by atoms with E-state index in [1.54, 1.807) is 20.8 Å². The molecule has 0 aromatic heterocycles. The third-order valence-corrected chi connectivity index (χ3v) is 2.47. The SMILES string of the molecule is CC(C)(C)OC(=O)N[C@@H](CO)[C@@H]1CC(Br)=NO1. The molecule has 0 fully saturated rings. The van der Waals surface area contributed by atoms with Crippen molar-refractivity contribution in [2.75, 3.05) is 6.61 Å². The molecule has 0 radical (unpaired) electrons. The highest BCUT2D eigenvalue weighted by atomic mass is 79.9. The number of carbonyl (C=O) groups is 1. The standard InChI is InChI=1S/C10H17BrN2O4/c1-10(2,3)16-9(15)12-6(5-14)7-4-8(11)13-17-7/h6-7,14H,4-5H2,1-3H3,(H,12,15)/t6-,7-/m0/s1. The number of nitrogens with zero attached hydrogens (tertiary/aromatic N) is 1. The Morgan fingerprint density at radius 3 is 2.82 bits per heavy atom. The Morgan fingerprint density at radius 1 is 1.76 bits per heavy atom. The molecule has 0 spiro atoms. The molecule has 0 aromatic carbocycles. The number of aliphatic hydroxyl groups excluding tert-OH is 1. The van der Waals surface area contributed by atoms with Crippen molar-refractivity contribution in [2.24, 2.45) is 5.16 Å². The van der Waals surface area contributed by atoms with E-state index < -0.39 is 17.7 Å². The van der Waals surface area contributed by atoms with Gasteiger partial charge >= 0.3 is 6.09 Å². The Balaban J connectivity index is 2.45. The summed E-state index contributed by atoms with van der Waals surface area (Å²) in [5.74, 6) is 0. The van der Waals surface area contributed by atoms with E-state index in [-0.39, 0.29) is 12.7 Å². The van der Waals surface area contributed by atoms with Crippen LogP contribution in [0.3, 0.4) is 0 Å². The Hall–Kier alpha value is -0.820. The fourth-order valence-electron chi connectivity index (χ4n) is 1.30. The molecular formula is C10H17BrN2O4. The Bertz CT molecular complexity index is 314. The predicted octanol–water partition coefficient (Wildman–Crippen LogP) is 1.37. The highest BCUT2D eigenvalue weighted by molar-refractivity contribution is 9.18. The molecule has 0 saturated heterocycles. The monoisotopic (exact) mass is 308 g/mol. The van der Waals surface area contributed by atoms with Crippen LogP contribution in [0.2, 0.25) is 0 Å². The van der Waals surface area contributed by atoms with Crippen LogP contribution in [0.4, 0.5) is 4.79 Å². The van der Waals surface area contributed by atoms with E-state index in [9.17, 15) is 9.90 Å². The minimum absolute atomic E-state index is 0.236. The molecule has 0 bridgehead atoms. The number of hydrogen-bond acceptors (Lipinski definition) is 5. The van der Waals surface area contributed by atoms with Gasteiger partial charge < -0.3 is 20.0 Å². The number of ether oxygens (including phenoxy) is 1. The van der Waals surface area contributed by atoms with Crippen molar-refractivity contribution in [3.8, 4) is 0 Å². The fraction of sp³-hybridized carbons (Fsp3) is 0.800. The van der Waals surface area contributed by atoms with Crippen molar-refractivity contribution in [3.05, 3.63) is 0 Å². The Morgan fingerprint density at radius 2 is 2.41 bits per heavy atom. The maximum Gasteiger partial charge on any atom is 0.408 e. The molecule has 0 aliphatic carbocycles. The summed E-state index contributed by atoms with van der Waals surface area (Å²) in [5.41, 5.74) is -0.572. The first-order valence-corrected chi connectivity index (χ1v) is 6.09. The minimum atomic E-state index is -0.580. The molecule has 6 nitrogen and oxygen atoms in total. The van der Waals surface area contributed by atoms with Gasteiger partial charge in [-0.2, -0.15) is 0 Å². The van der Waals surface area contributed by atoms with Crippen LogP contribution < -0.4 is 5.32 Å². The summed E-state index contributed by atoms with van der Waals surface area (Å²) in [6, 6.07) is -0.538. The summed E-state index contributed by atoms with van der Waals surface area (Å²) in [6.45, 7) is 5.07. The van der Waals surface area contributed by atoms with Crippen LogP contribution in [0.5, 0.6) is 0 Å². The largest absolute Gasteiger partial charge is 0.444 e. The van der Waals surface area contributed by atoms with Crippen molar-refractivity contribution in [3.63, 3.8) is 0 Å². The van der Waals surface area contributed by atoms with Crippen molar-refractivity contribution < 1.29 is 19.5 Å². The number of rotatable bonds is 3. The number of alkyl carbamates (subject to hydrolysis) is 1. The first-order chi connectivity index (χ1) is 7.81. The van der Waals surface area contributed by atoms with Gasteiger partial charge in [-0.05, 0) is 36.7 Å². The van der Waals surface area contributed by atoms with Gasteiger partial charge in [0, 0.05) is 6.42 Å². The zero-order valence-corrected chi connectivity index (χ0v) is 11.7. The van der Waals surface area contributed by atoms with Crippen LogP contribution in [0.25, 0.3) is 0 Å². The van der Waals surface area contributed by atoms with Crippen LogP contribution in [0, 0.1) is 0 Å². The maximum atomic E-state index is 11.5. The molecule has 98 valence electrons. The van der Waals surface area contributed by atoms with Crippen LogP contribution in [0.1, 0.15) is 27.2 Å². The topological polar surface area (TPSA) is 80.2 Å². The summed E-state index contributed by atoms with van der Waals surface area (Å²) >= 11 is 3.19. The summed E-state index contributed by atoms with van der Waals surface area (Å²) in [6.07, 6.45) is -0.439. The lowest BCUT2D eigenvalue weighted by Gasteiger charge is -2.24. The molecule has 1 aliphatic heterocycles. The van der Waals surface area contributed by atoms with E-state index in [1.807, 2.05) is 0 Å². The van der Waals surface area contributed by atoms with Gasteiger partial charge in [-0.3, -0.25) is 0 Å². The molecule has 0 saturated carbocycles. The fourth-order valence-corrected chi connectivity index (χ4v) is 1.70. The molecule has 1 aliphatic rings. The van der Waals surface area contributed by atoms with Gasteiger partial charge in [-0.15, -0.1) is 0 Å². The Kier molecular flexibility index (Phi) is 4.76. The van der Waals surface area contributed by atoms with Gasteiger partial charge in [0.25, 0.3) is 0 Å². The molecule has 1 heterocycles. The molecule has 17 heavy (non-hydrogen) atoms. The number of carbonyl (C=O) groups excluding carboxylic acids is 1. The third-order valence-electron chi connectivity index (χ3n) is 2.00. The summed E-state index contributed by atoms with van der Waals surface area (Å²) in [7, 11) is 0. The van der Waals surface area contributed by atoms with E-state index in [0.29, 0.717) is 11.0 Å². The van der Waals surface area contributed by atoms with E-state index >= 15 is 0 Å². The molecule has 1 amide bonds. The number of oxime groups is 1. The summed E-state index contributed by atoms with van der Waals surface area (Å²) in [5, 5.41) is 15.5. The lowest BCUT2D eigenvalue weighted by atomic mass is 10.1. The van der Waals surface area contributed by atoms with Gasteiger partial charge in [-0.1, -0.05) is 5.16 Å². The van der Waals surface area contributed by atoms with Crippen molar-refractivity contribution >= 4 is 26.6 Å². The molecule has 0 unspecified atom stereocenters. The van der Waals surface area contributed by atoms with E-state index in [1.165, 1.54) is 0 Å². The van der Waals surface area contributed by atoms with E-state index in [4.69, 9.17) is 9.57 Å². The highest BCUT2D eigenvalue weighted by Crippen LogP contribution is 2.17. The smallest absolute Gasteiger partial charge is 0.408 e. The third kappa shape index (κ3) is 4.91. The normalized spacial score (nSPS) is 21.5. The Labute approximate surface area is 108 Å². The van der Waals surface area contributed by atoms with Crippen molar-refractivity contribution in [1.82, 2.24) is 5.32 Å². The maximum absolute atomic E-state index is 11.5. The number of halogens is 1. The second-order valence-corrected chi connectivity index (χ2v) is 5.67. The van der Waals surface area contributed by atoms with Crippen molar-refractivity contribution in [2.45, 2.75) is 44.9 Å². The number of hydrogen-bond donors (Lipinski definition) is 2. The summed E-state index contributed by atoms with van der Waals surface area (Å²) < 4.78 is 5.75. The predicted molar refractivity (Wildman–Crippen MR) is 66.1 cm³/mol. The minimum Gasteiger partial charge on any atom is -0.444 e. The van der Waals surface area contributed by atoms with Crippen LogP contribution in [0.15, 0.2) is 5.16 Å². The van der Waals surface area contributed by atoms with Gasteiger partial charge in [-0.25, -0.2) is 4.79 Å². The van der Waals surface area contributed by atoms with Gasteiger partial charge in [0.1, 0.15) is 10.2 Å². The van der Waals surface area contributed by atoms with E-state index in [2.05, 4.69) is 26.4 Å². The second-order valence-electron chi connectivity index (χ2n) is 4.75. The average molecular weight is 309 g/mol. The quantitative estimate of drug-likeness (QED) is 0.825. The zero-order chi connectivity index (χ0) is 13.1.